The van der Waals surface area contributed by atoms with Gasteiger partial charge in [0.15, 0.2) is 0 Å². The normalized spacial score (nSPS) is 22.1. The van der Waals surface area contributed by atoms with Crippen LogP contribution >= 0.6 is 0 Å². The predicted octanol–water partition coefficient (Wildman–Crippen LogP) is 3.31. The Hall–Kier alpha value is -3.48. The van der Waals surface area contributed by atoms with Crippen molar-refractivity contribution in [1.82, 2.24) is 9.80 Å². The summed E-state index contributed by atoms with van der Waals surface area (Å²) in [6, 6.07) is 25.9. The number of carbonyl (C=O) groups is 2. The molecule has 1 N–H and O–H groups in total. The molecule has 2 aliphatic rings. The first-order valence-corrected chi connectivity index (χ1v) is 11.6. The number of carbonyl (C=O) groups excluding carboxylic acids is 2. The molecular formula is C28H28N2O4. The van der Waals surface area contributed by atoms with Gasteiger partial charge in [0.25, 0.3) is 0 Å². The molecule has 0 aromatic heterocycles. The van der Waals surface area contributed by atoms with Crippen LogP contribution in [0.15, 0.2) is 78.9 Å². The van der Waals surface area contributed by atoms with E-state index in [2.05, 4.69) is 41.3 Å². The van der Waals surface area contributed by atoms with Gasteiger partial charge >= 0.3 is 5.97 Å². The monoisotopic (exact) mass is 456 g/mol. The number of amides is 1. The van der Waals surface area contributed by atoms with Crippen molar-refractivity contribution in [3.8, 4) is 11.1 Å². The van der Waals surface area contributed by atoms with Gasteiger partial charge in [0.2, 0.25) is 5.91 Å². The van der Waals surface area contributed by atoms with Crippen LogP contribution in [0.3, 0.4) is 0 Å². The van der Waals surface area contributed by atoms with Gasteiger partial charge in [0.1, 0.15) is 0 Å². The Morgan fingerprint density at radius 1 is 0.971 bits per heavy atom. The van der Waals surface area contributed by atoms with E-state index in [1.807, 2.05) is 35.2 Å². The van der Waals surface area contributed by atoms with Crippen molar-refractivity contribution in [3.63, 3.8) is 0 Å². The van der Waals surface area contributed by atoms with Crippen LogP contribution in [0.2, 0.25) is 0 Å². The van der Waals surface area contributed by atoms with Crippen molar-refractivity contribution in [2.24, 2.45) is 0 Å². The summed E-state index contributed by atoms with van der Waals surface area (Å²) in [7, 11) is 1.37. The van der Waals surface area contributed by atoms with Crippen molar-refractivity contribution in [2.45, 2.75) is 24.5 Å². The molecule has 174 valence electrons. The number of piperazine rings is 1. The number of benzene rings is 3. The molecule has 0 radical (unpaired) electrons. The highest BCUT2D eigenvalue weighted by molar-refractivity contribution is 5.89. The van der Waals surface area contributed by atoms with Crippen molar-refractivity contribution in [2.75, 3.05) is 26.8 Å². The van der Waals surface area contributed by atoms with Gasteiger partial charge in [-0.25, -0.2) is 4.79 Å². The van der Waals surface area contributed by atoms with E-state index in [1.165, 1.54) is 12.7 Å². The first kappa shape index (κ1) is 22.3. The molecule has 0 unspecified atom stereocenters. The molecule has 0 spiro atoms. The Balaban J connectivity index is 1.31. The maximum atomic E-state index is 12.9. The minimum Gasteiger partial charge on any atom is -0.465 e. The second-order valence-electron chi connectivity index (χ2n) is 8.99. The number of nitrogens with zero attached hydrogens (tertiary/aromatic N) is 2. The van der Waals surface area contributed by atoms with E-state index < -0.39 is 0 Å². The molecule has 3 atom stereocenters. The van der Waals surface area contributed by atoms with Gasteiger partial charge in [-0.3, -0.25) is 9.69 Å². The molecule has 0 bridgehead atoms. The van der Waals surface area contributed by atoms with Gasteiger partial charge in [0.05, 0.1) is 37.9 Å². The van der Waals surface area contributed by atoms with Crippen LogP contribution in [0.5, 0.6) is 0 Å². The number of aliphatic hydroxyl groups excluding tert-OH is 1. The van der Waals surface area contributed by atoms with E-state index in [4.69, 9.17) is 4.74 Å². The Bertz CT molecular complexity index is 1160. The molecule has 2 fully saturated rings. The van der Waals surface area contributed by atoms with Crippen LogP contribution in [0, 0.1) is 0 Å². The van der Waals surface area contributed by atoms with Crippen molar-refractivity contribution in [3.05, 3.63) is 95.6 Å². The number of methoxy groups -OCH3 is 1. The second-order valence-corrected chi connectivity index (χ2v) is 8.99. The molecule has 3 aromatic rings. The van der Waals surface area contributed by atoms with Crippen molar-refractivity contribution >= 4 is 11.9 Å². The van der Waals surface area contributed by atoms with Crippen molar-refractivity contribution in [1.29, 1.82) is 0 Å². The largest absolute Gasteiger partial charge is 0.465 e. The summed E-state index contributed by atoms with van der Waals surface area (Å²) in [4.78, 5) is 28.6. The second kappa shape index (κ2) is 9.41. The molecule has 0 saturated carbocycles. The predicted molar refractivity (Wildman–Crippen MR) is 129 cm³/mol. The lowest BCUT2D eigenvalue weighted by Crippen LogP contribution is -2.72. The Kier molecular flexibility index (Phi) is 6.18. The Morgan fingerprint density at radius 3 is 2.29 bits per heavy atom. The topological polar surface area (TPSA) is 70.1 Å². The minimum atomic E-state index is -0.360. The SMILES string of the molecule is COC(=O)c1ccc(CN2CC(=O)N3[C@H](CO)[C@H](c4ccc(-c5ccccc5)cc4)[C@H]3C2)cc1. The first-order valence-electron chi connectivity index (χ1n) is 11.6. The fourth-order valence-corrected chi connectivity index (χ4v) is 5.34. The number of fused-ring (bicyclic) bond motifs is 1. The maximum absolute atomic E-state index is 12.9. The molecule has 2 heterocycles. The lowest BCUT2D eigenvalue weighted by molar-refractivity contribution is -0.162. The zero-order chi connectivity index (χ0) is 23.7. The van der Waals surface area contributed by atoms with Gasteiger partial charge in [-0.15, -0.1) is 0 Å². The van der Waals surface area contributed by atoms with Crippen LogP contribution in [0.4, 0.5) is 0 Å². The van der Waals surface area contributed by atoms with Crippen LogP contribution in [0.25, 0.3) is 11.1 Å². The molecule has 34 heavy (non-hydrogen) atoms. The van der Waals surface area contributed by atoms with E-state index in [0.29, 0.717) is 18.7 Å². The highest BCUT2D eigenvalue weighted by Gasteiger charge is 2.53. The molecule has 5 rings (SSSR count). The molecule has 2 aliphatic heterocycles. The van der Waals surface area contributed by atoms with Crippen LogP contribution in [0.1, 0.15) is 27.4 Å². The van der Waals surface area contributed by atoms with Gasteiger partial charge in [-0.1, -0.05) is 66.7 Å². The number of esters is 1. The molecule has 6 nitrogen and oxygen atoms in total. The fourth-order valence-electron chi connectivity index (χ4n) is 5.34. The zero-order valence-corrected chi connectivity index (χ0v) is 19.1. The number of aliphatic hydroxyl groups is 1. The van der Waals surface area contributed by atoms with E-state index in [0.717, 1.165) is 23.2 Å². The number of hydrogen-bond donors (Lipinski definition) is 1. The summed E-state index contributed by atoms with van der Waals surface area (Å²) < 4.78 is 4.76. The van der Waals surface area contributed by atoms with Gasteiger partial charge in [-0.2, -0.15) is 0 Å². The van der Waals surface area contributed by atoms with E-state index in [9.17, 15) is 14.7 Å². The number of ether oxygens (including phenoxy) is 1. The standard InChI is InChI=1S/C28H28N2O4/c1-34-28(33)23-9-7-19(8-10-23)15-29-16-24-27(25(18-31)30(24)26(32)17-29)22-13-11-21(12-14-22)20-5-3-2-4-6-20/h2-14,24-25,27,31H,15-18H2,1H3/t24-,25-,27-/m1/s1. The molecule has 6 heteroatoms. The third-order valence-corrected chi connectivity index (χ3v) is 7.01. The summed E-state index contributed by atoms with van der Waals surface area (Å²) >= 11 is 0. The molecular weight excluding hydrogens is 428 g/mol. The summed E-state index contributed by atoms with van der Waals surface area (Å²) in [5, 5.41) is 10.1. The van der Waals surface area contributed by atoms with E-state index in [-0.39, 0.29) is 36.5 Å². The van der Waals surface area contributed by atoms with Gasteiger partial charge < -0.3 is 14.7 Å². The summed E-state index contributed by atoms with van der Waals surface area (Å²) in [5.74, 6) is -0.206. The summed E-state index contributed by atoms with van der Waals surface area (Å²) in [5.41, 5.74) is 5.02. The molecule has 0 aliphatic carbocycles. The van der Waals surface area contributed by atoms with Gasteiger partial charge in [0, 0.05) is 19.0 Å². The zero-order valence-electron chi connectivity index (χ0n) is 19.1. The maximum Gasteiger partial charge on any atom is 0.337 e. The first-order chi connectivity index (χ1) is 16.6. The average Bonchev–Trinajstić information content (AvgIpc) is 2.86. The van der Waals surface area contributed by atoms with Crippen LogP contribution in [-0.4, -0.2) is 65.7 Å². The highest BCUT2D eigenvalue weighted by Crippen LogP contribution is 2.43. The molecule has 1 amide bonds. The van der Waals surface area contributed by atoms with Crippen molar-refractivity contribution < 1.29 is 19.4 Å². The van der Waals surface area contributed by atoms with E-state index >= 15 is 0 Å². The lowest BCUT2D eigenvalue weighted by Gasteiger charge is -2.59. The lowest BCUT2D eigenvalue weighted by atomic mass is 9.73. The number of hydrogen-bond acceptors (Lipinski definition) is 5. The third kappa shape index (κ3) is 4.11. The fraction of sp³-hybridized carbons (Fsp3) is 0.286. The summed E-state index contributed by atoms with van der Waals surface area (Å²) in [6.45, 7) is 1.65. The highest BCUT2D eigenvalue weighted by atomic mass is 16.5. The number of rotatable bonds is 6. The van der Waals surface area contributed by atoms with Crippen LogP contribution < -0.4 is 0 Å². The van der Waals surface area contributed by atoms with Gasteiger partial charge in [-0.05, 0) is 34.4 Å². The van der Waals surface area contributed by atoms with Crippen LogP contribution in [-0.2, 0) is 16.1 Å². The minimum absolute atomic E-state index is 0.0373. The smallest absolute Gasteiger partial charge is 0.337 e. The average molecular weight is 457 g/mol. The van der Waals surface area contributed by atoms with E-state index in [1.54, 1.807) is 12.1 Å². The molecule has 3 aromatic carbocycles. The summed E-state index contributed by atoms with van der Waals surface area (Å²) in [6.07, 6.45) is 0. The Morgan fingerprint density at radius 2 is 1.65 bits per heavy atom. The third-order valence-electron chi connectivity index (χ3n) is 7.01. The Labute approximate surface area is 199 Å². The quantitative estimate of drug-likeness (QED) is 0.577. The molecule has 2 saturated heterocycles.